The van der Waals surface area contributed by atoms with Crippen LogP contribution in [0.1, 0.15) is 22.3 Å². The van der Waals surface area contributed by atoms with E-state index in [9.17, 15) is 14.0 Å². The molecule has 4 nitrogen and oxygen atoms in total. The summed E-state index contributed by atoms with van der Waals surface area (Å²) in [4.78, 5) is 24.6. The number of carbonyl (C=O) groups excluding carboxylic acids is 2. The van der Waals surface area contributed by atoms with Crippen molar-refractivity contribution in [1.82, 2.24) is 4.98 Å². The maximum atomic E-state index is 12.8. The summed E-state index contributed by atoms with van der Waals surface area (Å²) in [6, 6.07) is 1.35. The van der Waals surface area contributed by atoms with Crippen LogP contribution in [0.25, 0.3) is 6.08 Å². The minimum atomic E-state index is -0.805. The van der Waals surface area contributed by atoms with E-state index in [1.54, 1.807) is 12.2 Å². The molecular weight excluding hydrogens is 213 g/mol. The van der Waals surface area contributed by atoms with E-state index in [2.05, 4.69) is 9.72 Å². The molecule has 1 heterocycles. The molecule has 0 aliphatic carbocycles. The van der Waals surface area contributed by atoms with Crippen LogP contribution in [0.5, 0.6) is 0 Å². The molecule has 84 valence electrons. The van der Waals surface area contributed by atoms with E-state index in [-0.39, 0.29) is 18.0 Å². The van der Waals surface area contributed by atoms with Gasteiger partial charge in [-0.25, -0.2) is 4.98 Å². The second-order valence-electron chi connectivity index (χ2n) is 2.95. The Morgan fingerprint density at radius 2 is 2.38 bits per heavy atom. The summed E-state index contributed by atoms with van der Waals surface area (Å²) in [5.74, 6) is -1.18. The number of halogens is 1. The van der Waals surface area contributed by atoms with Crippen LogP contribution in [-0.4, -0.2) is 24.3 Å². The van der Waals surface area contributed by atoms with Crippen molar-refractivity contribution in [1.29, 1.82) is 0 Å². The molecule has 1 rings (SSSR count). The number of methoxy groups -OCH3 is 1. The van der Waals surface area contributed by atoms with Gasteiger partial charge in [0.25, 0.3) is 0 Å². The molecular formula is C11H10FNO3. The summed E-state index contributed by atoms with van der Waals surface area (Å²) in [6.45, 7) is 0. The third-order valence-electron chi connectivity index (χ3n) is 1.84. The molecule has 0 radical (unpaired) electrons. The number of carbonyl (C=O) groups is 2. The molecule has 5 heteroatoms. The van der Waals surface area contributed by atoms with E-state index in [4.69, 9.17) is 0 Å². The monoisotopic (exact) mass is 223 g/mol. The molecule has 0 aromatic carbocycles. The lowest BCUT2D eigenvalue weighted by Gasteiger charge is -1.96. The largest absolute Gasteiger partial charge is 0.469 e. The molecule has 0 aliphatic heterocycles. The minimum Gasteiger partial charge on any atom is -0.469 e. The molecule has 16 heavy (non-hydrogen) atoms. The summed E-state index contributed by atoms with van der Waals surface area (Å²) in [5, 5.41) is 0. The first-order chi connectivity index (χ1) is 7.67. The van der Waals surface area contributed by atoms with Gasteiger partial charge in [0.05, 0.1) is 19.1 Å². The second kappa shape index (κ2) is 5.75. The van der Waals surface area contributed by atoms with Gasteiger partial charge in [0, 0.05) is 6.20 Å². The van der Waals surface area contributed by atoms with Gasteiger partial charge in [0.15, 0.2) is 6.29 Å². The van der Waals surface area contributed by atoms with Crippen molar-refractivity contribution in [2.75, 3.05) is 7.11 Å². The molecule has 0 unspecified atom stereocenters. The molecule has 1 aromatic rings. The molecule has 0 saturated heterocycles. The van der Waals surface area contributed by atoms with Crippen molar-refractivity contribution in [2.24, 2.45) is 0 Å². The summed E-state index contributed by atoms with van der Waals surface area (Å²) in [7, 11) is 1.29. The van der Waals surface area contributed by atoms with Crippen LogP contribution in [0, 0.1) is 5.95 Å². The van der Waals surface area contributed by atoms with Gasteiger partial charge >= 0.3 is 5.97 Å². The number of aromatic nitrogens is 1. The van der Waals surface area contributed by atoms with Gasteiger partial charge in [-0.1, -0.05) is 12.2 Å². The van der Waals surface area contributed by atoms with E-state index in [1.807, 2.05) is 0 Å². The first-order valence-electron chi connectivity index (χ1n) is 4.51. The number of ether oxygens (including phenoxy) is 1. The fourth-order valence-corrected chi connectivity index (χ4v) is 1.03. The van der Waals surface area contributed by atoms with E-state index in [1.165, 1.54) is 19.4 Å². The predicted octanol–water partition coefficient (Wildman–Crippen LogP) is 1.61. The Balaban J connectivity index is 2.74. The Bertz CT molecular complexity index is 429. The molecule has 1 aromatic heterocycles. The van der Waals surface area contributed by atoms with Crippen LogP contribution in [0.15, 0.2) is 18.3 Å². The Labute approximate surface area is 91.8 Å². The van der Waals surface area contributed by atoms with Crippen molar-refractivity contribution < 1.29 is 18.7 Å². The number of nitrogens with zero attached hydrogens (tertiary/aromatic N) is 1. The predicted molar refractivity (Wildman–Crippen MR) is 55.2 cm³/mol. The van der Waals surface area contributed by atoms with Crippen molar-refractivity contribution in [2.45, 2.75) is 6.42 Å². The van der Waals surface area contributed by atoms with Gasteiger partial charge in [-0.3, -0.25) is 9.59 Å². The molecule has 0 saturated carbocycles. The van der Waals surface area contributed by atoms with E-state index >= 15 is 0 Å². The van der Waals surface area contributed by atoms with Gasteiger partial charge in [-0.15, -0.1) is 0 Å². The first kappa shape index (κ1) is 12.0. The van der Waals surface area contributed by atoms with Gasteiger partial charge < -0.3 is 4.74 Å². The van der Waals surface area contributed by atoms with Crippen LogP contribution in [0.4, 0.5) is 4.39 Å². The van der Waals surface area contributed by atoms with Crippen LogP contribution in [0.2, 0.25) is 0 Å². The molecule has 0 fully saturated rings. The lowest BCUT2D eigenvalue weighted by molar-refractivity contribution is -0.139. The average Bonchev–Trinajstić information content (AvgIpc) is 2.31. The summed E-state index contributed by atoms with van der Waals surface area (Å²) >= 11 is 0. The highest BCUT2D eigenvalue weighted by Crippen LogP contribution is 2.07. The zero-order valence-corrected chi connectivity index (χ0v) is 8.64. The summed E-state index contributed by atoms with van der Waals surface area (Å²) in [5.41, 5.74) is 0.438. The van der Waals surface area contributed by atoms with Crippen LogP contribution < -0.4 is 0 Å². The highest BCUT2D eigenvalue weighted by Gasteiger charge is 2.02. The first-order valence-corrected chi connectivity index (χ1v) is 4.51. The lowest BCUT2D eigenvalue weighted by Crippen LogP contribution is -1.97. The smallest absolute Gasteiger partial charge is 0.309 e. The van der Waals surface area contributed by atoms with E-state index in [0.717, 1.165) is 0 Å². The zero-order valence-electron chi connectivity index (χ0n) is 8.64. The average molecular weight is 223 g/mol. The standard InChI is InChI=1S/C11H10FNO3/c1-16-10(15)4-2-3-8-5-9(7-14)11(12)13-6-8/h2-3,5-7H,4H2,1H3. The highest BCUT2D eigenvalue weighted by atomic mass is 19.1. The molecule has 0 aliphatic rings. The number of hydrogen-bond donors (Lipinski definition) is 0. The molecule has 0 amide bonds. The number of aldehydes is 1. The van der Waals surface area contributed by atoms with Gasteiger partial charge in [-0.2, -0.15) is 4.39 Å². The second-order valence-corrected chi connectivity index (χ2v) is 2.95. The van der Waals surface area contributed by atoms with Crippen LogP contribution in [0.3, 0.4) is 0 Å². The highest BCUT2D eigenvalue weighted by molar-refractivity contribution is 5.76. The third kappa shape index (κ3) is 3.27. The van der Waals surface area contributed by atoms with Gasteiger partial charge in [-0.05, 0) is 11.6 Å². The van der Waals surface area contributed by atoms with Gasteiger partial charge in [0.1, 0.15) is 0 Å². The number of rotatable bonds is 4. The normalized spacial score (nSPS) is 10.4. The van der Waals surface area contributed by atoms with Crippen molar-refractivity contribution in [3.63, 3.8) is 0 Å². The summed E-state index contributed by atoms with van der Waals surface area (Å²) in [6.07, 6.45) is 4.89. The number of esters is 1. The van der Waals surface area contributed by atoms with Crippen molar-refractivity contribution in [3.05, 3.63) is 35.4 Å². The molecule has 0 atom stereocenters. The molecule has 0 N–H and O–H groups in total. The maximum Gasteiger partial charge on any atom is 0.309 e. The Morgan fingerprint density at radius 1 is 1.62 bits per heavy atom. The minimum absolute atomic E-state index is 0.111. The topological polar surface area (TPSA) is 56.3 Å². The van der Waals surface area contributed by atoms with Crippen LogP contribution >= 0.6 is 0 Å². The maximum absolute atomic E-state index is 12.8. The van der Waals surface area contributed by atoms with Crippen molar-refractivity contribution >= 4 is 18.3 Å². The third-order valence-corrected chi connectivity index (χ3v) is 1.84. The lowest BCUT2D eigenvalue weighted by atomic mass is 10.2. The fourth-order valence-electron chi connectivity index (χ4n) is 1.03. The fraction of sp³-hybridized carbons (Fsp3) is 0.182. The van der Waals surface area contributed by atoms with Crippen LogP contribution in [-0.2, 0) is 9.53 Å². The Hall–Kier alpha value is -2.04. The van der Waals surface area contributed by atoms with Crippen molar-refractivity contribution in [3.8, 4) is 0 Å². The van der Waals surface area contributed by atoms with Gasteiger partial charge in [0.2, 0.25) is 5.95 Å². The summed E-state index contributed by atoms with van der Waals surface area (Å²) < 4.78 is 17.3. The molecule has 0 bridgehead atoms. The quantitative estimate of drug-likeness (QED) is 0.442. The van der Waals surface area contributed by atoms with E-state index < -0.39 is 5.95 Å². The Morgan fingerprint density at radius 3 is 3.00 bits per heavy atom. The SMILES string of the molecule is COC(=O)CC=Cc1cnc(F)c(C=O)c1. The zero-order chi connectivity index (χ0) is 12.0. The Kier molecular flexibility index (Phi) is 4.32. The molecule has 0 spiro atoms. The number of pyridine rings is 1. The number of hydrogen-bond acceptors (Lipinski definition) is 4. The van der Waals surface area contributed by atoms with E-state index in [0.29, 0.717) is 11.8 Å².